The number of nitrogens with two attached hydrogens (primary N) is 1. The van der Waals surface area contributed by atoms with Gasteiger partial charge in [0.25, 0.3) is 0 Å². The Balaban J connectivity index is 2.10. The van der Waals surface area contributed by atoms with E-state index < -0.39 is 0 Å². The van der Waals surface area contributed by atoms with Crippen LogP contribution in [0.15, 0.2) is 40.9 Å². The summed E-state index contributed by atoms with van der Waals surface area (Å²) in [4.78, 5) is 0. The summed E-state index contributed by atoms with van der Waals surface area (Å²) in [5.74, 6) is 0.761. The van der Waals surface area contributed by atoms with E-state index in [1.807, 2.05) is 37.3 Å². The van der Waals surface area contributed by atoms with E-state index in [2.05, 4.69) is 15.9 Å². The van der Waals surface area contributed by atoms with Crippen LogP contribution in [-0.4, -0.2) is 0 Å². The standard InChI is InChI=1S/C14H13BrClNO/c1-9-6-13(17)12(16)7-14(9)18-8-10-2-4-11(15)5-3-10/h2-7H,8,17H2,1H3. The fourth-order valence-electron chi connectivity index (χ4n) is 1.58. The van der Waals surface area contributed by atoms with E-state index in [1.165, 1.54) is 0 Å². The van der Waals surface area contributed by atoms with Crippen LogP contribution in [0.2, 0.25) is 5.02 Å². The van der Waals surface area contributed by atoms with Gasteiger partial charge in [0.15, 0.2) is 0 Å². The lowest BCUT2D eigenvalue weighted by Crippen LogP contribution is -1.98. The molecule has 0 saturated heterocycles. The highest BCUT2D eigenvalue weighted by atomic mass is 79.9. The number of hydrogen-bond donors (Lipinski definition) is 1. The predicted molar refractivity (Wildman–Crippen MR) is 79.1 cm³/mol. The molecular weight excluding hydrogens is 314 g/mol. The van der Waals surface area contributed by atoms with Gasteiger partial charge in [-0.2, -0.15) is 0 Å². The number of rotatable bonds is 3. The summed E-state index contributed by atoms with van der Waals surface area (Å²) in [7, 11) is 0. The van der Waals surface area contributed by atoms with E-state index in [9.17, 15) is 0 Å². The Morgan fingerprint density at radius 2 is 1.89 bits per heavy atom. The molecule has 0 aliphatic carbocycles. The smallest absolute Gasteiger partial charge is 0.124 e. The highest BCUT2D eigenvalue weighted by molar-refractivity contribution is 9.10. The topological polar surface area (TPSA) is 35.2 Å². The second kappa shape index (κ2) is 5.63. The monoisotopic (exact) mass is 325 g/mol. The van der Waals surface area contributed by atoms with E-state index in [-0.39, 0.29) is 0 Å². The number of hydrogen-bond acceptors (Lipinski definition) is 2. The molecule has 0 atom stereocenters. The summed E-state index contributed by atoms with van der Waals surface area (Å²) >= 11 is 9.38. The second-order valence-corrected chi connectivity index (χ2v) is 5.38. The van der Waals surface area contributed by atoms with Gasteiger partial charge in [-0.25, -0.2) is 0 Å². The zero-order valence-corrected chi connectivity index (χ0v) is 12.3. The Hall–Kier alpha value is -1.19. The van der Waals surface area contributed by atoms with Crippen molar-refractivity contribution >= 4 is 33.2 Å². The minimum atomic E-state index is 0.508. The molecule has 2 nitrogen and oxygen atoms in total. The molecule has 4 heteroatoms. The van der Waals surface area contributed by atoms with Crippen LogP contribution in [0.4, 0.5) is 5.69 Å². The zero-order valence-electron chi connectivity index (χ0n) is 9.91. The van der Waals surface area contributed by atoms with Gasteiger partial charge >= 0.3 is 0 Å². The van der Waals surface area contributed by atoms with Crippen molar-refractivity contribution in [2.75, 3.05) is 5.73 Å². The van der Waals surface area contributed by atoms with Gasteiger partial charge in [0.2, 0.25) is 0 Å². The van der Waals surface area contributed by atoms with Gasteiger partial charge in [0.05, 0.1) is 10.7 Å². The summed E-state index contributed by atoms with van der Waals surface area (Å²) < 4.78 is 6.80. The summed E-state index contributed by atoms with van der Waals surface area (Å²) in [5, 5.41) is 0.520. The lowest BCUT2D eigenvalue weighted by atomic mass is 10.2. The fourth-order valence-corrected chi connectivity index (χ4v) is 2.00. The molecule has 0 aliphatic heterocycles. The van der Waals surface area contributed by atoms with Gasteiger partial charge in [0, 0.05) is 10.5 Å². The van der Waals surface area contributed by atoms with Crippen molar-refractivity contribution in [3.05, 3.63) is 57.0 Å². The quantitative estimate of drug-likeness (QED) is 0.838. The van der Waals surface area contributed by atoms with Crippen LogP contribution in [0.3, 0.4) is 0 Å². The lowest BCUT2D eigenvalue weighted by Gasteiger charge is -2.11. The summed E-state index contributed by atoms with van der Waals surface area (Å²) in [6.45, 7) is 2.46. The highest BCUT2D eigenvalue weighted by Crippen LogP contribution is 2.29. The Kier molecular flexibility index (Phi) is 4.15. The minimum absolute atomic E-state index is 0.508. The molecule has 0 aliphatic rings. The van der Waals surface area contributed by atoms with Crippen LogP contribution < -0.4 is 10.5 Å². The van der Waals surface area contributed by atoms with Crippen molar-refractivity contribution in [1.82, 2.24) is 0 Å². The number of anilines is 1. The maximum Gasteiger partial charge on any atom is 0.124 e. The average molecular weight is 327 g/mol. The molecule has 0 aromatic heterocycles. The van der Waals surface area contributed by atoms with Crippen LogP contribution in [0.25, 0.3) is 0 Å². The van der Waals surface area contributed by atoms with Crippen LogP contribution in [0, 0.1) is 6.92 Å². The molecule has 0 unspecified atom stereocenters. The maximum atomic E-state index is 5.98. The molecule has 94 valence electrons. The van der Waals surface area contributed by atoms with Crippen LogP contribution >= 0.6 is 27.5 Å². The molecular formula is C14H13BrClNO. The van der Waals surface area contributed by atoms with Gasteiger partial charge in [-0.15, -0.1) is 0 Å². The van der Waals surface area contributed by atoms with Crippen LogP contribution in [-0.2, 0) is 6.61 Å². The van der Waals surface area contributed by atoms with Crippen LogP contribution in [0.1, 0.15) is 11.1 Å². The Morgan fingerprint density at radius 1 is 1.22 bits per heavy atom. The summed E-state index contributed by atoms with van der Waals surface area (Å²) in [5.41, 5.74) is 8.38. The first-order valence-corrected chi connectivity index (χ1v) is 6.66. The number of halogens is 2. The van der Waals surface area contributed by atoms with Crippen molar-refractivity contribution < 1.29 is 4.74 Å². The Morgan fingerprint density at radius 3 is 2.56 bits per heavy atom. The van der Waals surface area contributed by atoms with E-state index in [4.69, 9.17) is 22.1 Å². The molecule has 0 heterocycles. The van der Waals surface area contributed by atoms with E-state index >= 15 is 0 Å². The largest absolute Gasteiger partial charge is 0.489 e. The number of benzene rings is 2. The third kappa shape index (κ3) is 3.18. The first-order valence-electron chi connectivity index (χ1n) is 5.49. The van der Waals surface area contributed by atoms with Gasteiger partial charge in [-0.3, -0.25) is 0 Å². The van der Waals surface area contributed by atoms with Gasteiger partial charge in [-0.05, 0) is 36.2 Å². The molecule has 2 aromatic rings. The number of ether oxygens (including phenoxy) is 1. The molecule has 2 aromatic carbocycles. The highest BCUT2D eigenvalue weighted by Gasteiger charge is 2.05. The Labute approximate surface area is 120 Å². The third-order valence-corrected chi connectivity index (χ3v) is 3.46. The van der Waals surface area contributed by atoms with Gasteiger partial charge in [0.1, 0.15) is 12.4 Å². The number of nitrogen functional groups attached to an aromatic ring is 1. The molecule has 0 spiro atoms. The van der Waals surface area contributed by atoms with E-state index in [0.717, 1.165) is 21.3 Å². The normalized spacial score (nSPS) is 10.4. The molecule has 0 saturated carbocycles. The SMILES string of the molecule is Cc1cc(N)c(Cl)cc1OCc1ccc(Br)cc1. The molecule has 0 bridgehead atoms. The van der Waals surface area contributed by atoms with Gasteiger partial charge in [-0.1, -0.05) is 39.7 Å². The number of aryl methyl sites for hydroxylation is 1. The Bertz CT molecular complexity index is 554. The first kappa shape index (κ1) is 13.2. The lowest BCUT2D eigenvalue weighted by molar-refractivity contribution is 0.304. The predicted octanol–water partition coefficient (Wildman–Crippen LogP) is 4.57. The summed E-state index contributed by atoms with van der Waals surface area (Å²) in [6.07, 6.45) is 0. The molecule has 0 fully saturated rings. The zero-order chi connectivity index (χ0) is 13.1. The molecule has 0 amide bonds. The molecule has 18 heavy (non-hydrogen) atoms. The van der Waals surface area contributed by atoms with Crippen molar-refractivity contribution in [3.8, 4) is 5.75 Å². The van der Waals surface area contributed by atoms with Crippen LogP contribution in [0.5, 0.6) is 5.75 Å². The van der Waals surface area contributed by atoms with E-state index in [1.54, 1.807) is 6.07 Å². The van der Waals surface area contributed by atoms with Crippen molar-refractivity contribution in [2.45, 2.75) is 13.5 Å². The maximum absolute atomic E-state index is 5.98. The third-order valence-electron chi connectivity index (χ3n) is 2.60. The fraction of sp³-hybridized carbons (Fsp3) is 0.143. The summed E-state index contributed by atoms with van der Waals surface area (Å²) in [6, 6.07) is 11.6. The molecule has 2 rings (SSSR count). The second-order valence-electron chi connectivity index (χ2n) is 4.05. The van der Waals surface area contributed by atoms with Crippen molar-refractivity contribution in [1.29, 1.82) is 0 Å². The minimum Gasteiger partial charge on any atom is -0.489 e. The molecule has 2 N–H and O–H groups in total. The van der Waals surface area contributed by atoms with Gasteiger partial charge < -0.3 is 10.5 Å². The van der Waals surface area contributed by atoms with Crippen molar-refractivity contribution in [3.63, 3.8) is 0 Å². The van der Waals surface area contributed by atoms with Crippen molar-refractivity contribution in [2.24, 2.45) is 0 Å². The first-order chi connectivity index (χ1) is 8.56. The average Bonchev–Trinajstić information content (AvgIpc) is 2.34. The molecule has 0 radical (unpaired) electrons. The van der Waals surface area contributed by atoms with E-state index in [0.29, 0.717) is 17.3 Å².